The summed E-state index contributed by atoms with van der Waals surface area (Å²) >= 11 is 1.93. The summed E-state index contributed by atoms with van der Waals surface area (Å²) in [6.07, 6.45) is 0. The molecule has 0 radical (unpaired) electrons. The highest BCUT2D eigenvalue weighted by Crippen LogP contribution is 2.47. The summed E-state index contributed by atoms with van der Waals surface area (Å²) in [4.78, 5) is 5.07. The Kier molecular flexibility index (Phi) is 6.46. The summed E-state index contributed by atoms with van der Waals surface area (Å²) in [6, 6.07) is 78.0. The van der Waals surface area contributed by atoms with Crippen molar-refractivity contribution in [3.05, 3.63) is 206 Å². The lowest BCUT2D eigenvalue weighted by Crippen LogP contribution is -2.60. The van der Waals surface area contributed by atoms with Gasteiger partial charge in [0.2, 0.25) is 0 Å². The molecular formula is C60H34B2N4S. The Morgan fingerprint density at radius 1 is 0.299 bits per heavy atom. The van der Waals surface area contributed by atoms with Crippen molar-refractivity contribution in [3.63, 3.8) is 0 Å². The first-order chi connectivity index (χ1) is 33.3. The van der Waals surface area contributed by atoms with E-state index in [1.54, 1.807) is 0 Å². The van der Waals surface area contributed by atoms with E-state index in [0.717, 1.165) is 0 Å². The molecule has 13 aromatic rings. The molecule has 0 unspecified atom stereocenters. The molecule has 4 aliphatic heterocycles. The number of rotatable bonds is 2. The van der Waals surface area contributed by atoms with Crippen LogP contribution in [0.5, 0.6) is 0 Å². The summed E-state index contributed by atoms with van der Waals surface area (Å²) in [5.41, 5.74) is 23.2. The third-order valence-electron chi connectivity index (χ3n) is 15.6. The quantitative estimate of drug-likeness (QED) is 0.161. The van der Waals surface area contributed by atoms with E-state index in [9.17, 15) is 0 Å². The predicted molar refractivity (Wildman–Crippen MR) is 287 cm³/mol. The lowest BCUT2D eigenvalue weighted by molar-refractivity contribution is 1.18. The second kappa shape index (κ2) is 12.3. The Morgan fingerprint density at radius 3 is 1.18 bits per heavy atom. The van der Waals surface area contributed by atoms with E-state index in [1.165, 1.54) is 142 Å². The lowest BCUT2D eigenvalue weighted by Gasteiger charge is -2.40. The van der Waals surface area contributed by atoms with Crippen LogP contribution in [0.4, 0.5) is 34.1 Å². The van der Waals surface area contributed by atoms with Crippen LogP contribution < -0.4 is 42.6 Å². The maximum Gasteiger partial charge on any atom is 0.252 e. The Balaban J connectivity index is 0.982. The number of thiophene rings is 1. The maximum absolute atomic E-state index is 2.59. The zero-order valence-corrected chi connectivity index (χ0v) is 36.8. The minimum atomic E-state index is 0.0551. The molecule has 7 heteroatoms. The molecule has 0 saturated carbocycles. The summed E-state index contributed by atoms with van der Waals surface area (Å²) in [6.45, 7) is 0.110. The van der Waals surface area contributed by atoms with E-state index in [0.29, 0.717) is 0 Å². The fraction of sp³-hybridized carbons (Fsp3) is 0. The van der Waals surface area contributed by atoms with Crippen LogP contribution in [0, 0.1) is 0 Å². The van der Waals surface area contributed by atoms with Gasteiger partial charge in [0.1, 0.15) is 0 Å². The fourth-order valence-electron chi connectivity index (χ4n) is 13.2. The van der Waals surface area contributed by atoms with Crippen LogP contribution >= 0.6 is 11.3 Å². The molecule has 0 amide bonds. The first-order valence-corrected chi connectivity index (χ1v) is 24.2. The van der Waals surface area contributed by atoms with Crippen LogP contribution in [0.2, 0.25) is 0 Å². The fourth-order valence-corrected chi connectivity index (χ4v) is 14.3. The average Bonchev–Trinajstić information content (AvgIpc) is 4.04. The van der Waals surface area contributed by atoms with Crippen LogP contribution in [-0.4, -0.2) is 22.6 Å². The van der Waals surface area contributed by atoms with Gasteiger partial charge in [-0.15, -0.1) is 11.3 Å². The number of aromatic nitrogens is 2. The van der Waals surface area contributed by atoms with Gasteiger partial charge in [0.05, 0.1) is 11.0 Å². The number of fused-ring (bicyclic) bond motifs is 17. The van der Waals surface area contributed by atoms with Gasteiger partial charge in [0, 0.05) is 87.5 Å². The molecule has 17 rings (SSSR count). The molecule has 3 aromatic heterocycles. The molecule has 306 valence electrons. The minimum Gasteiger partial charge on any atom is -0.311 e. The van der Waals surface area contributed by atoms with Crippen molar-refractivity contribution in [3.8, 4) is 11.4 Å². The first-order valence-electron chi connectivity index (χ1n) is 23.3. The largest absolute Gasteiger partial charge is 0.311 e. The molecule has 0 bridgehead atoms. The smallest absolute Gasteiger partial charge is 0.252 e. The lowest BCUT2D eigenvalue weighted by atomic mass is 9.33. The molecule has 7 heterocycles. The number of hydrogen-bond donors (Lipinski definition) is 0. The molecule has 0 N–H and O–H groups in total. The van der Waals surface area contributed by atoms with Crippen molar-refractivity contribution in [1.29, 1.82) is 0 Å². The Labute approximate surface area is 389 Å². The predicted octanol–water partition coefficient (Wildman–Crippen LogP) is 11.5. The summed E-state index contributed by atoms with van der Waals surface area (Å²) in [5.74, 6) is 0. The van der Waals surface area contributed by atoms with Gasteiger partial charge >= 0.3 is 0 Å². The summed E-state index contributed by atoms with van der Waals surface area (Å²) < 4.78 is 7.69. The van der Waals surface area contributed by atoms with E-state index in [2.05, 4.69) is 225 Å². The number of nitrogens with zero attached hydrogens (tertiary/aromatic N) is 4. The van der Waals surface area contributed by atoms with Gasteiger partial charge in [-0.2, -0.15) is 0 Å². The monoisotopic (exact) mass is 864 g/mol. The molecule has 4 aliphatic rings. The summed E-state index contributed by atoms with van der Waals surface area (Å²) in [7, 11) is 0. The number of para-hydroxylation sites is 6. The Morgan fingerprint density at radius 2 is 0.701 bits per heavy atom. The maximum atomic E-state index is 2.59. The minimum absolute atomic E-state index is 0.0551. The molecule has 0 atom stereocenters. The van der Waals surface area contributed by atoms with Gasteiger partial charge in [-0.3, -0.25) is 0 Å². The van der Waals surface area contributed by atoms with Crippen LogP contribution in [0.3, 0.4) is 0 Å². The van der Waals surface area contributed by atoms with E-state index in [4.69, 9.17) is 0 Å². The SMILES string of the molecule is c1ccc(N2c3cc4sc5cc6c(cc5c4cc3B3c4c2cccc4-n2c4ccccc4c4cccc3c42)B2c3c(cccc3-n3c4ccccc4c4cccc2c43)N6c2ccccc2)cc1. The Hall–Kier alpha value is -8.25. The third-order valence-corrected chi connectivity index (χ3v) is 16.8. The second-order valence-corrected chi connectivity index (χ2v) is 19.8. The molecule has 4 nitrogen and oxygen atoms in total. The first kappa shape index (κ1) is 35.1. The molecule has 10 aromatic carbocycles. The van der Waals surface area contributed by atoms with Crippen molar-refractivity contribution in [1.82, 2.24) is 9.13 Å². The van der Waals surface area contributed by atoms with Gasteiger partial charge in [0.25, 0.3) is 13.4 Å². The van der Waals surface area contributed by atoms with Gasteiger partial charge in [-0.25, -0.2) is 0 Å². The topological polar surface area (TPSA) is 16.3 Å². The Bertz CT molecular complexity index is 4100. The van der Waals surface area contributed by atoms with Gasteiger partial charge < -0.3 is 18.9 Å². The zero-order valence-electron chi connectivity index (χ0n) is 36.0. The van der Waals surface area contributed by atoms with Crippen molar-refractivity contribution < 1.29 is 0 Å². The molecule has 0 spiro atoms. The van der Waals surface area contributed by atoms with E-state index >= 15 is 0 Å². The molecule has 0 saturated heterocycles. The van der Waals surface area contributed by atoms with Gasteiger partial charge in [-0.05, 0) is 116 Å². The average molecular weight is 865 g/mol. The molecule has 0 aliphatic carbocycles. The second-order valence-electron chi connectivity index (χ2n) is 18.7. The van der Waals surface area contributed by atoms with Crippen molar-refractivity contribution in [2.75, 3.05) is 9.80 Å². The molecule has 67 heavy (non-hydrogen) atoms. The van der Waals surface area contributed by atoms with Gasteiger partial charge in [-0.1, -0.05) is 133 Å². The number of benzene rings is 10. The number of hydrogen-bond acceptors (Lipinski definition) is 3. The highest BCUT2D eigenvalue weighted by atomic mass is 32.1. The van der Waals surface area contributed by atoms with Crippen LogP contribution in [0.1, 0.15) is 0 Å². The standard InChI is InChI=1S/C60H34B2N4S/c1-3-15-35(16-4-1)63-49-27-13-29-51-57(49)61(43-23-11-21-39-37-19-7-9-25-47(37)65(51)59(39)43)45-31-41-42-32-46-54(34-56(42)67-55(41)33-53(45)63)64(36-17-5-2-6-18-36)50-28-14-30-52-58(50)62(46)44-24-12-22-40-38-20-8-10-26-48(38)66(52)60(40)44/h1-34H. The highest BCUT2D eigenvalue weighted by Gasteiger charge is 2.44. The third kappa shape index (κ3) is 4.24. The van der Waals surface area contributed by atoms with Gasteiger partial charge in [0.15, 0.2) is 0 Å². The molecular weight excluding hydrogens is 830 g/mol. The summed E-state index contributed by atoms with van der Waals surface area (Å²) in [5, 5.41) is 7.87. The molecule has 0 fully saturated rings. The normalized spacial score (nSPS) is 13.9. The van der Waals surface area contributed by atoms with Crippen LogP contribution in [-0.2, 0) is 0 Å². The van der Waals surface area contributed by atoms with Crippen molar-refractivity contribution >= 4 is 155 Å². The van der Waals surface area contributed by atoms with E-state index < -0.39 is 0 Å². The highest BCUT2D eigenvalue weighted by molar-refractivity contribution is 7.26. The van der Waals surface area contributed by atoms with E-state index in [1.807, 2.05) is 11.3 Å². The van der Waals surface area contributed by atoms with E-state index in [-0.39, 0.29) is 13.4 Å². The zero-order chi connectivity index (χ0) is 43.2. The van der Waals surface area contributed by atoms with Crippen LogP contribution in [0.25, 0.3) is 75.2 Å². The van der Waals surface area contributed by atoms with Crippen molar-refractivity contribution in [2.24, 2.45) is 0 Å². The van der Waals surface area contributed by atoms with Crippen molar-refractivity contribution in [2.45, 2.75) is 0 Å². The van der Waals surface area contributed by atoms with Crippen LogP contribution in [0.15, 0.2) is 206 Å². The number of anilines is 6.